The van der Waals surface area contributed by atoms with E-state index in [2.05, 4.69) is 15.3 Å². The number of aliphatic hydroxyl groups is 1. The smallest absolute Gasteiger partial charge is 0.356 e. The van der Waals surface area contributed by atoms with Gasteiger partial charge in [0, 0.05) is 12.3 Å². The molecule has 0 aliphatic heterocycles. The van der Waals surface area contributed by atoms with Gasteiger partial charge in [-0.3, -0.25) is 4.98 Å². The molecule has 0 saturated heterocycles. The third-order valence-corrected chi connectivity index (χ3v) is 2.87. The standard InChI is InChI=1S/C10H15N3O3S/c1-10(16,6-17-2)5-12-8-4-11-3-7(13-8)9(14)15/h3-4,16H,5-6H2,1-2H3,(H,12,13)(H,14,15). The summed E-state index contributed by atoms with van der Waals surface area (Å²) in [5.74, 6) is -0.213. The van der Waals surface area contributed by atoms with Gasteiger partial charge in [-0.25, -0.2) is 9.78 Å². The van der Waals surface area contributed by atoms with Crippen molar-refractivity contribution in [3.8, 4) is 0 Å². The van der Waals surface area contributed by atoms with Crippen LogP contribution in [0.25, 0.3) is 0 Å². The number of aromatic nitrogens is 2. The molecule has 0 bridgehead atoms. The lowest BCUT2D eigenvalue weighted by Gasteiger charge is -2.22. The zero-order valence-corrected chi connectivity index (χ0v) is 10.5. The third kappa shape index (κ3) is 4.58. The number of thioether (sulfide) groups is 1. The Balaban J connectivity index is 2.63. The van der Waals surface area contributed by atoms with Crippen molar-refractivity contribution >= 4 is 23.5 Å². The summed E-state index contributed by atoms with van der Waals surface area (Å²) in [6.45, 7) is 1.98. The monoisotopic (exact) mass is 257 g/mol. The summed E-state index contributed by atoms with van der Waals surface area (Å²) in [4.78, 5) is 18.3. The summed E-state index contributed by atoms with van der Waals surface area (Å²) < 4.78 is 0. The zero-order valence-electron chi connectivity index (χ0n) is 9.67. The highest BCUT2D eigenvalue weighted by atomic mass is 32.2. The van der Waals surface area contributed by atoms with Crippen molar-refractivity contribution in [2.75, 3.05) is 23.9 Å². The molecule has 1 atom stereocenters. The van der Waals surface area contributed by atoms with E-state index in [1.165, 1.54) is 24.2 Å². The molecule has 17 heavy (non-hydrogen) atoms. The van der Waals surface area contributed by atoms with E-state index in [-0.39, 0.29) is 12.2 Å². The van der Waals surface area contributed by atoms with Crippen molar-refractivity contribution in [3.63, 3.8) is 0 Å². The molecule has 3 N–H and O–H groups in total. The number of carbonyl (C=O) groups is 1. The summed E-state index contributed by atoms with van der Waals surface area (Å²) in [7, 11) is 0. The normalized spacial score (nSPS) is 14.1. The Hall–Kier alpha value is -1.34. The Morgan fingerprint density at radius 2 is 2.29 bits per heavy atom. The molecule has 1 rings (SSSR count). The van der Waals surface area contributed by atoms with Gasteiger partial charge in [0.25, 0.3) is 0 Å². The number of aromatic carboxylic acids is 1. The first-order chi connectivity index (χ1) is 7.94. The van der Waals surface area contributed by atoms with Crippen LogP contribution in [0, 0.1) is 0 Å². The summed E-state index contributed by atoms with van der Waals surface area (Å²) in [6.07, 6.45) is 4.49. The number of hydrogen-bond donors (Lipinski definition) is 3. The Morgan fingerprint density at radius 1 is 1.59 bits per heavy atom. The topological polar surface area (TPSA) is 95.3 Å². The summed E-state index contributed by atoms with van der Waals surface area (Å²) in [5, 5.41) is 21.5. The molecule has 0 saturated carbocycles. The zero-order chi connectivity index (χ0) is 12.9. The van der Waals surface area contributed by atoms with Crippen LogP contribution in [0.4, 0.5) is 5.82 Å². The van der Waals surface area contributed by atoms with Gasteiger partial charge >= 0.3 is 5.97 Å². The molecule has 1 aromatic heterocycles. The van der Waals surface area contributed by atoms with E-state index >= 15 is 0 Å². The number of anilines is 1. The van der Waals surface area contributed by atoms with E-state index in [0.29, 0.717) is 11.6 Å². The van der Waals surface area contributed by atoms with Crippen LogP contribution >= 0.6 is 11.8 Å². The highest BCUT2D eigenvalue weighted by molar-refractivity contribution is 7.98. The van der Waals surface area contributed by atoms with Gasteiger partial charge in [0.2, 0.25) is 0 Å². The average Bonchev–Trinajstić information content (AvgIpc) is 2.27. The number of nitrogens with one attached hydrogen (secondary N) is 1. The van der Waals surface area contributed by atoms with E-state index in [4.69, 9.17) is 5.11 Å². The molecule has 0 aliphatic carbocycles. The van der Waals surface area contributed by atoms with Gasteiger partial charge < -0.3 is 15.5 Å². The minimum absolute atomic E-state index is 0.125. The minimum atomic E-state index is -1.13. The number of hydrogen-bond acceptors (Lipinski definition) is 6. The van der Waals surface area contributed by atoms with Crippen LogP contribution in [-0.2, 0) is 0 Å². The Morgan fingerprint density at radius 3 is 2.88 bits per heavy atom. The first-order valence-electron chi connectivity index (χ1n) is 4.95. The number of nitrogens with zero attached hydrogens (tertiary/aromatic N) is 2. The number of carboxylic acids is 1. The Kier molecular flexibility index (Phi) is 4.71. The second-order valence-electron chi connectivity index (χ2n) is 3.88. The maximum Gasteiger partial charge on any atom is 0.356 e. The lowest BCUT2D eigenvalue weighted by Crippen LogP contribution is -2.36. The Bertz CT molecular complexity index is 398. The molecule has 7 heteroatoms. The van der Waals surface area contributed by atoms with Gasteiger partial charge in [0.15, 0.2) is 5.69 Å². The van der Waals surface area contributed by atoms with Crippen LogP contribution in [0.5, 0.6) is 0 Å². The van der Waals surface area contributed by atoms with E-state index in [1.54, 1.807) is 6.92 Å². The van der Waals surface area contributed by atoms with E-state index < -0.39 is 11.6 Å². The van der Waals surface area contributed by atoms with Gasteiger partial charge in [0.05, 0.1) is 18.0 Å². The molecular formula is C10H15N3O3S. The highest BCUT2D eigenvalue weighted by Gasteiger charge is 2.19. The molecule has 0 fully saturated rings. The second-order valence-corrected chi connectivity index (χ2v) is 4.74. The largest absolute Gasteiger partial charge is 0.476 e. The highest BCUT2D eigenvalue weighted by Crippen LogP contribution is 2.12. The van der Waals surface area contributed by atoms with Gasteiger partial charge in [0.1, 0.15) is 5.82 Å². The fourth-order valence-electron chi connectivity index (χ4n) is 1.20. The van der Waals surface area contributed by atoms with Crippen molar-refractivity contribution in [1.82, 2.24) is 9.97 Å². The van der Waals surface area contributed by atoms with E-state index in [1.807, 2.05) is 6.26 Å². The molecule has 0 spiro atoms. The van der Waals surface area contributed by atoms with Crippen molar-refractivity contribution in [2.45, 2.75) is 12.5 Å². The van der Waals surface area contributed by atoms with Crippen LogP contribution in [0.15, 0.2) is 12.4 Å². The van der Waals surface area contributed by atoms with Crippen molar-refractivity contribution < 1.29 is 15.0 Å². The third-order valence-electron chi connectivity index (χ3n) is 1.96. The quantitative estimate of drug-likeness (QED) is 0.690. The van der Waals surface area contributed by atoms with Gasteiger partial charge in [-0.1, -0.05) is 0 Å². The minimum Gasteiger partial charge on any atom is -0.476 e. The van der Waals surface area contributed by atoms with E-state index in [0.717, 1.165) is 0 Å². The van der Waals surface area contributed by atoms with Gasteiger partial charge in [-0.05, 0) is 13.2 Å². The van der Waals surface area contributed by atoms with Crippen molar-refractivity contribution in [3.05, 3.63) is 18.1 Å². The van der Waals surface area contributed by atoms with Crippen LogP contribution in [0.2, 0.25) is 0 Å². The molecule has 1 heterocycles. The number of rotatable bonds is 6. The summed E-state index contributed by atoms with van der Waals surface area (Å²) >= 11 is 1.53. The maximum absolute atomic E-state index is 10.7. The van der Waals surface area contributed by atoms with Crippen LogP contribution in [-0.4, -0.2) is 50.3 Å². The predicted molar refractivity (Wildman–Crippen MR) is 66.5 cm³/mol. The molecule has 1 aromatic rings. The molecule has 0 aliphatic rings. The van der Waals surface area contributed by atoms with Crippen LogP contribution in [0.1, 0.15) is 17.4 Å². The predicted octanol–water partition coefficient (Wildman–Crippen LogP) is 0.701. The molecular weight excluding hydrogens is 242 g/mol. The maximum atomic E-state index is 10.7. The second kappa shape index (κ2) is 5.83. The van der Waals surface area contributed by atoms with Crippen molar-refractivity contribution in [1.29, 1.82) is 0 Å². The van der Waals surface area contributed by atoms with E-state index in [9.17, 15) is 9.90 Å². The molecule has 0 aromatic carbocycles. The Labute approximate surface area is 103 Å². The summed E-state index contributed by atoms with van der Waals surface area (Å²) in [6, 6.07) is 0. The van der Waals surface area contributed by atoms with Gasteiger partial charge in [-0.2, -0.15) is 11.8 Å². The molecule has 1 unspecified atom stereocenters. The molecule has 0 amide bonds. The first kappa shape index (κ1) is 13.7. The van der Waals surface area contributed by atoms with Crippen molar-refractivity contribution in [2.24, 2.45) is 0 Å². The molecule has 6 nitrogen and oxygen atoms in total. The lowest BCUT2D eigenvalue weighted by atomic mass is 10.1. The summed E-state index contributed by atoms with van der Waals surface area (Å²) in [5.41, 5.74) is -1.00. The fourth-order valence-corrected chi connectivity index (χ4v) is 1.92. The van der Waals surface area contributed by atoms with Crippen LogP contribution < -0.4 is 5.32 Å². The molecule has 0 radical (unpaired) electrons. The van der Waals surface area contributed by atoms with Gasteiger partial charge in [-0.15, -0.1) is 0 Å². The first-order valence-corrected chi connectivity index (χ1v) is 6.34. The average molecular weight is 257 g/mol. The SMILES string of the molecule is CSCC(C)(O)CNc1cncc(C(=O)O)n1. The van der Waals surface area contributed by atoms with Crippen LogP contribution in [0.3, 0.4) is 0 Å². The lowest BCUT2D eigenvalue weighted by molar-refractivity contribution is 0.0690. The molecule has 94 valence electrons. The fraction of sp³-hybridized carbons (Fsp3) is 0.500. The number of carboxylic acid groups (broad SMARTS) is 1.